The van der Waals surface area contributed by atoms with Gasteiger partial charge in [-0.3, -0.25) is 9.48 Å². The summed E-state index contributed by atoms with van der Waals surface area (Å²) in [5, 5.41) is 7.24. The van der Waals surface area contributed by atoms with E-state index in [1.165, 1.54) is 0 Å². The zero-order valence-corrected chi connectivity index (χ0v) is 15.9. The third-order valence-corrected chi connectivity index (χ3v) is 4.04. The number of carbonyl (C=O) groups excluding carboxylic acids is 1. The van der Waals surface area contributed by atoms with Gasteiger partial charge >= 0.3 is 0 Å². The molecule has 0 fully saturated rings. The molecule has 0 aliphatic carbocycles. The van der Waals surface area contributed by atoms with E-state index in [0.717, 1.165) is 15.6 Å². The first kappa shape index (κ1) is 19.7. The molecule has 1 N–H and O–H groups in total. The van der Waals surface area contributed by atoms with E-state index in [1.54, 1.807) is 17.9 Å². The molecule has 1 atom stereocenters. The van der Waals surface area contributed by atoms with Crippen LogP contribution in [0.5, 0.6) is 0 Å². The number of nitrogens with zero attached hydrogens (tertiary/aromatic N) is 3. The van der Waals surface area contributed by atoms with E-state index in [9.17, 15) is 4.79 Å². The normalized spacial score (nSPS) is 11.7. The van der Waals surface area contributed by atoms with Crippen molar-refractivity contribution in [2.45, 2.75) is 19.5 Å². The first-order chi connectivity index (χ1) is 10.5. The fraction of sp³-hybridized carbons (Fsp3) is 0.375. The topological polar surface area (TPSA) is 50.2 Å². The minimum absolute atomic E-state index is 0. The monoisotopic (exact) mass is 400 g/mol. The number of nitrogens with one attached hydrogen (secondary N) is 1. The second kappa shape index (κ2) is 9.05. The average molecular weight is 402 g/mol. The lowest BCUT2D eigenvalue weighted by Crippen LogP contribution is -2.39. The summed E-state index contributed by atoms with van der Waals surface area (Å²) in [6.45, 7) is 3.24. The highest BCUT2D eigenvalue weighted by Gasteiger charge is 2.24. The predicted octanol–water partition coefficient (Wildman–Crippen LogP) is 2.91. The molecule has 7 heteroatoms. The molecule has 2 aromatic rings. The fourth-order valence-corrected chi connectivity index (χ4v) is 2.85. The van der Waals surface area contributed by atoms with E-state index >= 15 is 0 Å². The molecule has 1 amide bonds. The van der Waals surface area contributed by atoms with Gasteiger partial charge in [-0.25, -0.2) is 0 Å². The Labute approximate surface area is 151 Å². The van der Waals surface area contributed by atoms with Crippen LogP contribution in [0.15, 0.2) is 41.1 Å². The molecule has 1 aromatic heterocycles. The lowest BCUT2D eigenvalue weighted by atomic mass is 10.1. The number of likely N-dealkylation sites (N-methyl/N-ethyl adjacent to an activating group) is 2. The molecule has 1 aromatic carbocycles. The van der Waals surface area contributed by atoms with Crippen molar-refractivity contribution in [2.24, 2.45) is 7.05 Å². The van der Waals surface area contributed by atoms with E-state index in [2.05, 4.69) is 26.3 Å². The van der Waals surface area contributed by atoms with Gasteiger partial charge in [0.2, 0.25) is 5.91 Å². The van der Waals surface area contributed by atoms with Crippen molar-refractivity contribution in [2.75, 3.05) is 13.6 Å². The molecule has 0 spiro atoms. The third-order valence-electron chi connectivity index (χ3n) is 3.55. The lowest BCUT2D eigenvalue weighted by Gasteiger charge is -2.26. The van der Waals surface area contributed by atoms with Crippen molar-refractivity contribution in [3.8, 4) is 0 Å². The van der Waals surface area contributed by atoms with Crippen LogP contribution in [0.4, 0.5) is 0 Å². The summed E-state index contributed by atoms with van der Waals surface area (Å²) in [4.78, 5) is 14.7. The van der Waals surface area contributed by atoms with Gasteiger partial charge in [-0.15, -0.1) is 12.4 Å². The van der Waals surface area contributed by atoms with Gasteiger partial charge in [-0.2, -0.15) is 5.10 Å². The number of aryl methyl sites for hydroxylation is 1. The molecule has 23 heavy (non-hydrogen) atoms. The summed E-state index contributed by atoms with van der Waals surface area (Å²) in [5.74, 6) is 0.0537. The Kier molecular flexibility index (Phi) is 7.75. The van der Waals surface area contributed by atoms with Gasteiger partial charge in [0.15, 0.2) is 0 Å². The van der Waals surface area contributed by atoms with Gasteiger partial charge in [-0.1, -0.05) is 28.1 Å². The van der Waals surface area contributed by atoms with Crippen LogP contribution in [-0.2, 0) is 18.4 Å². The molecule has 0 saturated heterocycles. The number of benzene rings is 1. The van der Waals surface area contributed by atoms with E-state index in [0.29, 0.717) is 13.1 Å². The molecule has 2 rings (SSSR count). The van der Waals surface area contributed by atoms with Gasteiger partial charge < -0.3 is 10.2 Å². The number of hydrogen-bond acceptors (Lipinski definition) is 3. The highest BCUT2D eigenvalue weighted by Crippen LogP contribution is 2.18. The Balaban J connectivity index is 0.00000264. The molecular formula is C16H22BrClN4O. The summed E-state index contributed by atoms with van der Waals surface area (Å²) in [5.41, 5.74) is 1.98. The number of amides is 1. The molecule has 0 aliphatic heterocycles. The van der Waals surface area contributed by atoms with Gasteiger partial charge in [-0.05, 0) is 31.7 Å². The molecule has 126 valence electrons. The van der Waals surface area contributed by atoms with Crippen LogP contribution in [-0.4, -0.2) is 34.2 Å². The largest absolute Gasteiger partial charge is 0.337 e. The Morgan fingerprint density at radius 3 is 2.74 bits per heavy atom. The Morgan fingerprint density at radius 1 is 1.48 bits per heavy atom. The van der Waals surface area contributed by atoms with Gasteiger partial charge in [0, 0.05) is 36.4 Å². The van der Waals surface area contributed by atoms with E-state index in [1.807, 2.05) is 49.3 Å². The molecule has 5 nitrogen and oxygen atoms in total. The summed E-state index contributed by atoms with van der Waals surface area (Å²) in [7, 11) is 3.64. The summed E-state index contributed by atoms with van der Waals surface area (Å²) < 4.78 is 2.73. The minimum atomic E-state index is -0.374. The van der Waals surface area contributed by atoms with Crippen molar-refractivity contribution in [3.05, 3.63) is 52.3 Å². The van der Waals surface area contributed by atoms with Crippen molar-refractivity contribution in [1.29, 1.82) is 0 Å². The number of hydrogen-bond donors (Lipinski definition) is 1. The third kappa shape index (κ3) is 5.06. The van der Waals surface area contributed by atoms with Crippen LogP contribution in [0.25, 0.3) is 0 Å². The van der Waals surface area contributed by atoms with Crippen LogP contribution >= 0.6 is 28.3 Å². The zero-order chi connectivity index (χ0) is 16.1. The number of rotatable bonds is 6. The van der Waals surface area contributed by atoms with E-state index in [-0.39, 0.29) is 24.4 Å². The number of halogens is 2. The van der Waals surface area contributed by atoms with E-state index in [4.69, 9.17) is 0 Å². The van der Waals surface area contributed by atoms with Crippen LogP contribution in [0.3, 0.4) is 0 Å². The highest BCUT2D eigenvalue weighted by atomic mass is 79.9. The SMILES string of the molecule is CCN(Cc1cccc(Br)c1)C(=O)C(NC)c1cnn(C)c1.Cl. The molecular weight excluding hydrogens is 380 g/mol. The van der Waals surface area contributed by atoms with Crippen molar-refractivity contribution >= 4 is 34.2 Å². The van der Waals surface area contributed by atoms with Crippen LogP contribution < -0.4 is 5.32 Å². The van der Waals surface area contributed by atoms with Crippen molar-refractivity contribution in [3.63, 3.8) is 0 Å². The standard InChI is InChI=1S/C16H21BrN4O.ClH/c1-4-21(10-12-6-5-7-14(17)8-12)16(22)15(18-2)13-9-19-20(3)11-13;/h5-9,11,15,18H,4,10H2,1-3H3;1H. The van der Waals surface area contributed by atoms with Crippen LogP contribution in [0.1, 0.15) is 24.1 Å². The van der Waals surface area contributed by atoms with Gasteiger partial charge in [0.1, 0.15) is 6.04 Å². The maximum atomic E-state index is 12.8. The van der Waals surface area contributed by atoms with Crippen LogP contribution in [0.2, 0.25) is 0 Å². The quantitative estimate of drug-likeness (QED) is 0.810. The van der Waals surface area contributed by atoms with E-state index < -0.39 is 0 Å². The average Bonchev–Trinajstić information content (AvgIpc) is 2.91. The fourth-order valence-electron chi connectivity index (χ4n) is 2.41. The maximum absolute atomic E-state index is 12.8. The maximum Gasteiger partial charge on any atom is 0.244 e. The zero-order valence-electron chi connectivity index (χ0n) is 13.5. The van der Waals surface area contributed by atoms with Crippen molar-refractivity contribution in [1.82, 2.24) is 20.0 Å². The Morgan fingerprint density at radius 2 is 2.22 bits per heavy atom. The number of aromatic nitrogens is 2. The van der Waals surface area contributed by atoms with Gasteiger partial charge in [0.05, 0.1) is 6.20 Å². The Hall–Kier alpha value is -1.37. The first-order valence-corrected chi connectivity index (χ1v) is 8.03. The van der Waals surface area contributed by atoms with Gasteiger partial charge in [0.25, 0.3) is 0 Å². The van der Waals surface area contributed by atoms with Crippen molar-refractivity contribution < 1.29 is 4.79 Å². The molecule has 0 saturated carbocycles. The second-order valence-corrected chi connectivity index (χ2v) is 6.07. The summed E-state index contributed by atoms with van der Waals surface area (Å²) in [6, 6.07) is 7.65. The second-order valence-electron chi connectivity index (χ2n) is 5.15. The summed E-state index contributed by atoms with van der Waals surface area (Å²) in [6.07, 6.45) is 3.60. The number of carbonyl (C=O) groups is 1. The highest BCUT2D eigenvalue weighted by molar-refractivity contribution is 9.10. The molecule has 0 bridgehead atoms. The van der Waals surface area contributed by atoms with Crippen LogP contribution in [0, 0.1) is 0 Å². The smallest absolute Gasteiger partial charge is 0.244 e. The summed E-state index contributed by atoms with van der Waals surface area (Å²) >= 11 is 3.47. The molecule has 0 radical (unpaired) electrons. The minimum Gasteiger partial charge on any atom is -0.337 e. The lowest BCUT2D eigenvalue weighted by molar-refractivity contribution is -0.133. The predicted molar refractivity (Wildman–Crippen MR) is 97.5 cm³/mol. The molecule has 0 aliphatic rings. The molecule has 1 unspecified atom stereocenters. The Bertz CT molecular complexity index is 647. The first-order valence-electron chi connectivity index (χ1n) is 7.24. The molecule has 1 heterocycles.